The first-order valence-corrected chi connectivity index (χ1v) is 5.63. The van der Waals surface area contributed by atoms with E-state index in [0.717, 1.165) is 0 Å². The number of carboxylic acids is 1. The number of carbonyl (C=O) groups is 2. The highest BCUT2D eigenvalue weighted by molar-refractivity contribution is 5.86. The molecule has 10 heteroatoms. The van der Waals surface area contributed by atoms with Gasteiger partial charge >= 0.3 is 18.3 Å². The summed E-state index contributed by atoms with van der Waals surface area (Å²) in [6, 6.07) is -1.65. The quantitative estimate of drug-likeness (QED) is 0.796. The fraction of sp³-hybridized carbons (Fsp3) is 0.800. The molecule has 0 unspecified atom stereocenters. The number of carbonyl (C=O) groups excluding carboxylic acids is 1. The van der Waals surface area contributed by atoms with Gasteiger partial charge in [-0.25, -0.2) is 4.79 Å². The van der Waals surface area contributed by atoms with E-state index in [1.165, 1.54) is 0 Å². The SMILES string of the molecule is O=C(O)[C@@H]1CCCCN1C(=O)C(C(F)(F)F)C(F)(F)F. The largest absolute Gasteiger partial charge is 0.480 e. The van der Waals surface area contributed by atoms with Gasteiger partial charge in [0.15, 0.2) is 0 Å². The third-order valence-corrected chi connectivity index (χ3v) is 2.97. The van der Waals surface area contributed by atoms with Crippen molar-refractivity contribution in [3.8, 4) is 0 Å². The zero-order valence-corrected chi connectivity index (χ0v) is 9.96. The van der Waals surface area contributed by atoms with Gasteiger partial charge in [0, 0.05) is 6.54 Å². The number of aliphatic carboxylic acids is 1. The number of nitrogens with zero attached hydrogens (tertiary/aromatic N) is 1. The van der Waals surface area contributed by atoms with Gasteiger partial charge in [0.05, 0.1) is 0 Å². The van der Waals surface area contributed by atoms with Crippen LogP contribution in [0.5, 0.6) is 0 Å². The number of carboxylic acid groups (broad SMARTS) is 1. The molecule has 1 atom stereocenters. The maximum absolute atomic E-state index is 12.4. The Morgan fingerprint density at radius 3 is 1.95 bits per heavy atom. The Morgan fingerprint density at radius 2 is 1.55 bits per heavy atom. The zero-order chi connectivity index (χ0) is 15.7. The second-order valence-corrected chi connectivity index (χ2v) is 4.40. The van der Waals surface area contributed by atoms with E-state index in [2.05, 4.69) is 0 Å². The third-order valence-electron chi connectivity index (χ3n) is 2.97. The fourth-order valence-electron chi connectivity index (χ4n) is 2.08. The smallest absolute Gasteiger partial charge is 0.409 e. The highest BCUT2D eigenvalue weighted by Gasteiger charge is 2.62. The molecule has 0 aromatic heterocycles. The zero-order valence-electron chi connectivity index (χ0n) is 9.96. The molecule has 0 aromatic carbocycles. The third kappa shape index (κ3) is 3.54. The van der Waals surface area contributed by atoms with Crippen molar-refractivity contribution >= 4 is 11.9 Å². The van der Waals surface area contributed by atoms with Gasteiger partial charge in [-0.1, -0.05) is 0 Å². The molecule has 4 nitrogen and oxygen atoms in total. The summed E-state index contributed by atoms with van der Waals surface area (Å²) >= 11 is 0. The Balaban J connectivity index is 3.08. The van der Waals surface area contributed by atoms with Crippen LogP contribution in [0.15, 0.2) is 0 Å². The monoisotopic (exact) mass is 307 g/mol. The van der Waals surface area contributed by atoms with Gasteiger partial charge in [-0.2, -0.15) is 26.3 Å². The van der Waals surface area contributed by atoms with E-state index < -0.39 is 42.7 Å². The number of amides is 1. The lowest BCUT2D eigenvalue weighted by molar-refractivity contribution is -0.278. The first-order valence-electron chi connectivity index (χ1n) is 5.63. The number of halogens is 6. The van der Waals surface area contributed by atoms with Gasteiger partial charge in [-0.05, 0) is 19.3 Å². The van der Waals surface area contributed by atoms with Crippen LogP contribution in [0, 0.1) is 5.92 Å². The molecule has 1 fully saturated rings. The molecule has 0 aromatic rings. The van der Waals surface area contributed by atoms with Crippen molar-refractivity contribution in [3.63, 3.8) is 0 Å². The molecule has 1 rings (SSSR count). The van der Waals surface area contributed by atoms with Crippen molar-refractivity contribution in [2.75, 3.05) is 6.54 Å². The number of piperidine rings is 1. The number of hydrogen-bond acceptors (Lipinski definition) is 2. The van der Waals surface area contributed by atoms with Crippen LogP contribution in [0.2, 0.25) is 0 Å². The molecule has 1 aliphatic rings. The van der Waals surface area contributed by atoms with Crippen molar-refractivity contribution < 1.29 is 41.0 Å². The van der Waals surface area contributed by atoms with Gasteiger partial charge in [0.25, 0.3) is 0 Å². The Morgan fingerprint density at radius 1 is 1.05 bits per heavy atom. The van der Waals surface area contributed by atoms with Crippen LogP contribution < -0.4 is 0 Å². The molecule has 0 bridgehead atoms. The predicted octanol–water partition coefficient (Wildman–Crippen LogP) is 2.19. The molecule has 116 valence electrons. The van der Waals surface area contributed by atoms with E-state index in [0.29, 0.717) is 6.42 Å². The van der Waals surface area contributed by atoms with E-state index >= 15 is 0 Å². The molecule has 1 N–H and O–H groups in total. The lowest BCUT2D eigenvalue weighted by Crippen LogP contribution is -2.55. The fourth-order valence-corrected chi connectivity index (χ4v) is 2.08. The van der Waals surface area contributed by atoms with Crippen molar-refractivity contribution in [2.24, 2.45) is 5.92 Å². The summed E-state index contributed by atoms with van der Waals surface area (Å²) in [5.41, 5.74) is 0. The van der Waals surface area contributed by atoms with Gasteiger partial charge in [-0.15, -0.1) is 0 Å². The highest BCUT2D eigenvalue weighted by atomic mass is 19.4. The molecular formula is C10H11F6NO3. The first kappa shape index (κ1) is 16.6. The van der Waals surface area contributed by atoms with E-state index in [-0.39, 0.29) is 17.7 Å². The second kappa shape index (κ2) is 5.49. The first-order chi connectivity index (χ1) is 8.96. The minimum absolute atomic E-state index is 0.163. The van der Waals surface area contributed by atoms with Gasteiger partial charge < -0.3 is 10.0 Å². The maximum atomic E-state index is 12.4. The lowest BCUT2D eigenvalue weighted by atomic mass is 9.98. The van der Waals surface area contributed by atoms with Crippen LogP contribution in [0.3, 0.4) is 0 Å². The molecule has 0 spiro atoms. The number of hydrogen-bond donors (Lipinski definition) is 1. The molecule has 0 aliphatic carbocycles. The Hall–Kier alpha value is -1.48. The lowest BCUT2D eigenvalue weighted by Gasteiger charge is -2.36. The molecular weight excluding hydrogens is 296 g/mol. The Kier molecular flexibility index (Phi) is 4.55. The molecule has 1 saturated heterocycles. The summed E-state index contributed by atoms with van der Waals surface area (Å²) in [4.78, 5) is 22.5. The second-order valence-electron chi connectivity index (χ2n) is 4.40. The molecule has 0 saturated carbocycles. The van der Waals surface area contributed by atoms with Crippen molar-refractivity contribution in [3.05, 3.63) is 0 Å². The average molecular weight is 307 g/mol. The van der Waals surface area contributed by atoms with E-state index in [1.807, 2.05) is 0 Å². The minimum Gasteiger partial charge on any atom is -0.480 e. The predicted molar refractivity (Wildman–Crippen MR) is 52.6 cm³/mol. The number of alkyl halides is 6. The van der Waals surface area contributed by atoms with E-state index in [9.17, 15) is 35.9 Å². The molecule has 1 amide bonds. The van der Waals surface area contributed by atoms with Crippen LogP contribution in [0.4, 0.5) is 26.3 Å². The summed E-state index contributed by atoms with van der Waals surface area (Å²) in [6.45, 7) is -0.432. The Labute approximate surface area is 109 Å². The minimum atomic E-state index is -5.81. The summed E-state index contributed by atoms with van der Waals surface area (Å²) in [6.07, 6.45) is -11.3. The summed E-state index contributed by atoms with van der Waals surface area (Å²) in [5, 5.41) is 8.79. The van der Waals surface area contributed by atoms with Gasteiger partial charge in [-0.3, -0.25) is 4.79 Å². The summed E-state index contributed by atoms with van der Waals surface area (Å²) in [5.74, 6) is -8.05. The molecule has 20 heavy (non-hydrogen) atoms. The molecule has 1 aliphatic heterocycles. The summed E-state index contributed by atoms with van der Waals surface area (Å²) in [7, 11) is 0. The topological polar surface area (TPSA) is 57.6 Å². The van der Waals surface area contributed by atoms with Crippen LogP contribution in [0.1, 0.15) is 19.3 Å². The standard InChI is InChI=1S/C10H11F6NO3/c11-9(12,13)6(10(14,15)16)7(18)17-4-2-1-3-5(17)8(19)20/h5-6H,1-4H2,(H,19,20)/t5-/m0/s1. The van der Waals surface area contributed by atoms with Crippen molar-refractivity contribution in [2.45, 2.75) is 37.7 Å². The van der Waals surface area contributed by atoms with Crippen LogP contribution in [-0.2, 0) is 9.59 Å². The number of rotatable bonds is 2. The molecule has 1 heterocycles. The normalized spacial score (nSPS) is 21.1. The van der Waals surface area contributed by atoms with Gasteiger partial charge in [0.2, 0.25) is 11.8 Å². The highest BCUT2D eigenvalue weighted by Crippen LogP contribution is 2.41. The van der Waals surface area contributed by atoms with Gasteiger partial charge in [0.1, 0.15) is 6.04 Å². The number of likely N-dealkylation sites (tertiary alicyclic amines) is 1. The average Bonchev–Trinajstić information content (AvgIpc) is 2.24. The van der Waals surface area contributed by atoms with Crippen LogP contribution in [0.25, 0.3) is 0 Å². The Bertz CT molecular complexity index is 377. The molecule has 0 radical (unpaired) electrons. The van der Waals surface area contributed by atoms with Crippen LogP contribution in [-0.4, -0.2) is 46.8 Å². The summed E-state index contributed by atoms with van der Waals surface area (Å²) < 4.78 is 74.6. The van der Waals surface area contributed by atoms with Crippen molar-refractivity contribution in [1.82, 2.24) is 4.90 Å². The van der Waals surface area contributed by atoms with E-state index in [4.69, 9.17) is 5.11 Å². The van der Waals surface area contributed by atoms with E-state index in [1.54, 1.807) is 0 Å². The maximum Gasteiger partial charge on any atom is 0.409 e. The van der Waals surface area contributed by atoms with Crippen LogP contribution >= 0.6 is 0 Å². The van der Waals surface area contributed by atoms with Crippen molar-refractivity contribution in [1.29, 1.82) is 0 Å².